The average Bonchev–Trinajstić information content (AvgIpc) is 2.13. The maximum absolute atomic E-state index is 5.92. The summed E-state index contributed by atoms with van der Waals surface area (Å²) in [5, 5.41) is 0. The van der Waals surface area contributed by atoms with Crippen molar-refractivity contribution >= 4 is 7.85 Å². The Morgan fingerprint density at radius 3 is 2.73 bits per heavy atom. The van der Waals surface area contributed by atoms with Gasteiger partial charge in [-0.2, -0.15) is 0 Å². The minimum absolute atomic E-state index is 0.417. The molecule has 1 unspecified atom stereocenters. The van der Waals surface area contributed by atoms with Crippen molar-refractivity contribution in [1.29, 1.82) is 0 Å². The lowest BCUT2D eigenvalue weighted by Gasteiger charge is -2.26. The van der Waals surface area contributed by atoms with Gasteiger partial charge < -0.3 is 4.90 Å². The summed E-state index contributed by atoms with van der Waals surface area (Å²) in [7, 11) is 5.92. The maximum atomic E-state index is 5.92. The number of hydrogen-bond acceptors (Lipinski definition) is 1. The Balaban J connectivity index is 2.39. The van der Waals surface area contributed by atoms with Gasteiger partial charge in [0.05, 0.1) is 7.85 Å². The zero-order valence-corrected chi connectivity index (χ0v) is 7.71. The molecule has 1 fully saturated rings. The summed E-state index contributed by atoms with van der Waals surface area (Å²) in [6, 6.07) is 0.666. The predicted molar refractivity (Wildman–Crippen MR) is 50.1 cm³/mol. The van der Waals surface area contributed by atoms with E-state index >= 15 is 0 Å². The van der Waals surface area contributed by atoms with E-state index in [1.165, 1.54) is 25.8 Å². The highest BCUT2D eigenvalue weighted by atomic mass is 15.1. The van der Waals surface area contributed by atoms with Crippen LogP contribution in [0.25, 0.3) is 0 Å². The SMILES string of the molecule is [B]C1CCCCN(C(C)C)C1. The van der Waals surface area contributed by atoms with Gasteiger partial charge in [0.2, 0.25) is 0 Å². The van der Waals surface area contributed by atoms with Gasteiger partial charge in [0.15, 0.2) is 0 Å². The molecule has 1 heterocycles. The molecule has 0 N–H and O–H groups in total. The van der Waals surface area contributed by atoms with Crippen molar-refractivity contribution in [3.05, 3.63) is 0 Å². The normalized spacial score (nSPS) is 28.8. The van der Waals surface area contributed by atoms with Crippen LogP contribution in [-0.2, 0) is 0 Å². The van der Waals surface area contributed by atoms with Crippen molar-refractivity contribution in [2.75, 3.05) is 13.1 Å². The molecule has 0 aromatic carbocycles. The van der Waals surface area contributed by atoms with E-state index in [1.807, 2.05) is 0 Å². The summed E-state index contributed by atoms with van der Waals surface area (Å²) in [6.45, 7) is 6.83. The Morgan fingerprint density at radius 1 is 1.36 bits per heavy atom. The summed E-state index contributed by atoms with van der Waals surface area (Å²) < 4.78 is 0. The lowest BCUT2D eigenvalue weighted by atomic mass is 9.83. The van der Waals surface area contributed by atoms with Crippen LogP contribution in [0.4, 0.5) is 0 Å². The summed E-state index contributed by atoms with van der Waals surface area (Å²) in [4.78, 5) is 2.48. The van der Waals surface area contributed by atoms with Crippen LogP contribution in [0.15, 0.2) is 0 Å². The Hall–Kier alpha value is 0.0249. The predicted octanol–water partition coefficient (Wildman–Crippen LogP) is 1.84. The van der Waals surface area contributed by atoms with Crippen molar-refractivity contribution in [1.82, 2.24) is 4.90 Å². The van der Waals surface area contributed by atoms with Gasteiger partial charge in [0, 0.05) is 6.04 Å². The summed E-state index contributed by atoms with van der Waals surface area (Å²) >= 11 is 0. The molecule has 0 bridgehead atoms. The standard InChI is InChI=1S/C9H18BN/c1-8(2)11-6-4-3-5-9(10)7-11/h8-9H,3-7H2,1-2H3. The zero-order chi connectivity index (χ0) is 8.27. The van der Waals surface area contributed by atoms with Gasteiger partial charge in [-0.1, -0.05) is 18.7 Å². The molecular formula is C9H18BN. The molecule has 0 aromatic rings. The maximum Gasteiger partial charge on any atom is 0.0716 e. The van der Waals surface area contributed by atoms with Crippen molar-refractivity contribution in [2.45, 2.75) is 45.0 Å². The van der Waals surface area contributed by atoms with Gasteiger partial charge in [-0.25, -0.2) is 0 Å². The third kappa shape index (κ3) is 2.86. The lowest BCUT2D eigenvalue weighted by molar-refractivity contribution is 0.231. The highest BCUT2D eigenvalue weighted by molar-refractivity contribution is 6.11. The molecule has 2 heteroatoms. The summed E-state index contributed by atoms with van der Waals surface area (Å²) in [5.41, 5.74) is 0. The number of rotatable bonds is 1. The molecule has 1 nitrogen and oxygen atoms in total. The Bertz CT molecular complexity index is 114. The molecule has 1 rings (SSSR count). The molecule has 1 aliphatic rings. The quantitative estimate of drug-likeness (QED) is 0.517. The highest BCUT2D eigenvalue weighted by Crippen LogP contribution is 2.19. The first kappa shape index (κ1) is 9.12. The Morgan fingerprint density at radius 2 is 2.09 bits per heavy atom. The van der Waals surface area contributed by atoms with Gasteiger partial charge in [0.25, 0.3) is 0 Å². The number of likely N-dealkylation sites (tertiary alicyclic amines) is 1. The first-order valence-corrected chi connectivity index (χ1v) is 4.70. The van der Waals surface area contributed by atoms with E-state index in [2.05, 4.69) is 18.7 Å². The van der Waals surface area contributed by atoms with Crippen LogP contribution >= 0.6 is 0 Å². The van der Waals surface area contributed by atoms with Crippen LogP contribution in [0.1, 0.15) is 33.1 Å². The molecule has 1 atom stereocenters. The molecule has 0 saturated carbocycles. The van der Waals surface area contributed by atoms with Crippen LogP contribution in [0.2, 0.25) is 5.82 Å². The van der Waals surface area contributed by atoms with Crippen molar-refractivity contribution in [3.8, 4) is 0 Å². The van der Waals surface area contributed by atoms with Crippen LogP contribution in [0, 0.1) is 0 Å². The molecule has 0 aliphatic carbocycles. The van der Waals surface area contributed by atoms with E-state index in [4.69, 9.17) is 7.85 Å². The largest absolute Gasteiger partial charge is 0.301 e. The van der Waals surface area contributed by atoms with Gasteiger partial charge in [-0.05, 0) is 33.4 Å². The van der Waals surface area contributed by atoms with Crippen LogP contribution in [-0.4, -0.2) is 31.9 Å². The van der Waals surface area contributed by atoms with E-state index in [9.17, 15) is 0 Å². The van der Waals surface area contributed by atoms with Crippen LogP contribution < -0.4 is 0 Å². The fourth-order valence-corrected chi connectivity index (χ4v) is 1.67. The van der Waals surface area contributed by atoms with Crippen molar-refractivity contribution in [3.63, 3.8) is 0 Å². The fraction of sp³-hybridized carbons (Fsp3) is 1.00. The first-order chi connectivity index (χ1) is 5.20. The number of hydrogen-bond donors (Lipinski definition) is 0. The lowest BCUT2D eigenvalue weighted by Crippen LogP contribution is -2.33. The molecule has 1 aliphatic heterocycles. The van der Waals surface area contributed by atoms with Gasteiger partial charge in [0.1, 0.15) is 0 Å². The number of nitrogens with zero attached hydrogens (tertiary/aromatic N) is 1. The van der Waals surface area contributed by atoms with E-state index in [0.717, 1.165) is 6.54 Å². The highest BCUT2D eigenvalue weighted by Gasteiger charge is 2.15. The Kier molecular flexibility index (Phi) is 3.44. The topological polar surface area (TPSA) is 3.24 Å². The molecule has 1 saturated heterocycles. The van der Waals surface area contributed by atoms with Crippen molar-refractivity contribution in [2.24, 2.45) is 0 Å². The molecule has 62 valence electrons. The van der Waals surface area contributed by atoms with Gasteiger partial charge in [-0.3, -0.25) is 0 Å². The second-order valence-electron chi connectivity index (χ2n) is 3.84. The molecule has 2 radical (unpaired) electrons. The van der Waals surface area contributed by atoms with Crippen molar-refractivity contribution < 1.29 is 0 Å². The van der Waals surface area contributed by atoms with E-state index < -0.39 is 0 Å². The fourth-order valence-electron chi connectivity index (χ4n) is 1.67. The molecule has 11 heavy (non-hydrogen) atoms. The summed E-state index contributed by atoms with van der Waals surface area (Å²) in [5.74, 6) is 0.417. The first-order valence-electron chi connectivity index (χ1n) is 4.70. The van der Waals surface area contributed by atoms with E-state index in [0.29, 0.717) is 11.9 Å². The monoisotopic (exact) mass is 151 g/mol. The minimum Gasteiger partial charge on any atom is -0.301 e. The molecular weight excluding hydrogens is 133 g/mol. The zero-order valence-electron chi connectivity index (χ0n) is 7.71. The molecule has 0 spiro atoms. The van der Waals surface area contributed by atoms with Crippen LogP contribution in [0.3, 0.4) is 0 Å². The van der Waals surface area contributed by atoms with Gasteiger partial charge in [-0.15, -0.1) is 0 Å². The molecule has 0 amide bonds. The van der Waals surface area contributed by atoms with Crippen LogP contribution in [0.5, 0.6) is 0 Å². The summed E-state index contributed by atoms with van der Waals surface area (Å²) in [6.07, 6.45) is 3.85. The molecule has 0 aromatic heterocycles. The third-order valence-electron chi connectivity index (χ3n) is 2.47. The van der Waals surface area contributed by atoms with E-state index in [-0.39, 0.29) is 0 Å². The minimum atomic E-state index is 0.417. The smallest absolute Gasteiger partial charge is 0.0716 e. The third-order valence-corrected chi connectivity index (χ3v) is 2.47. The van der Waals surface area contributed by atoms with Gasteiger partial charge >= 0.3 is 0 Å². The second kappa shape index (κ2) is 4.15. The Labute approximate surface area is 71.6 Å². The second-order valence-corrected chi connectivity index (χ2v) is 3.84. The van der Waals surface area contributed by atoms with E-state index in [1.54, 1.807) is 0 Å². The average molecular weight is 151 g/mol.